The number of carbonyl (C=O) groups excluding carboxylic acids is 4. The highest BCUT2D eigenvalue weighted by atomic mass is 16.7. The summed E-state index contributed by atoms with van der Waals surface area (Å²) in [6.45, 7) is 4.37. The molecule has 0 amide bonds. The van der Waals surface area contributed by atoms with Crippen LogP contribution in [0.4, 0.5) is 0 Å². The van der Waals surface area contributed by atoms with Gasteiger partial charge in [-0.15, -0.1) is 0 Å². The molecule has 0 bridgehead atoms. The predicted molar refractivity (Wildman–Crippen MR) is 79.0 cm³/mol. The summed E-state index contributed by atoms with van der Waals surface area (Å²) in [4.78, 5) is 45.4. The minimum atomic E-state index is -1.20. The first-order valence-electron chi connectivity index (χ1n) is 7.49. The van der Waals surface area contributed by atoms with Crippen LogP contribution in [0.1, 0.15) is 27.7 Å². The molecular weight excluding hydrogens is 340 g/mol. The molecule has 1 aliphatic rings. The molecule has 10 heteroatoms. The van der Waals surface area contributed by atoms with Gasteiger partial charge in [0, 0.05) is 34.8 Å². The third kappa shape index (κ3) is 6.31. The van der Waals surface area contributed by atoms with Gasteiger partial charge in [-0.3, -0.25) is 19.2 Å². The Morgan fingerprint density at radius 2 is 1.24 bits per heavy atom. The van der Waals surface area contributed by atoms with E-state index in [2.05, 4.69) is 0 Å². The summed E-state index contributed by atoms with van der Waals surface area (Å²) >= 11 is 0. The van der Waals surface area contributed by atoms with E-state index in [1.807, 2.05) is 0 Å². The highest BCUT2D eigenvalue weighted by Gasteiger charge is 2.52. The first kappa shape index (κ1) is 20.8. The number of hydrogen-bond donors (Lipinski definition) is 0. The molecule has 0 aromatic carbocycles. The molecule has 142 valence electrons. The monoisotopic (exact) mass is 362 g/mol. The van der Waals surface area contributed by atoms with Crippen molar-refractivity contribution in [2.75, 3.05) is 13.7 Å². The maximum Gasteiger partial charge on any atom is 0.303 e. The molecular formula is C15H22O10. The third-order valence-electron chi connectivity index (χ3n) is 3.18. The van der Waals surface area contributed by atoms with E-state index < -0.39 is 54.6 Å². The molecule has 0 radical (unpaired) electrons. The minimum Gasteiger partial charge on any atom is -0.463 e. The van der Waals surface area contributed by atoms with Crippen molar-refractivity contribution in [2.45, 2.75) is 58.4 Å². The number of carbonyl (C=O) groups is 4. The quantitative estimate of drug-likeness (QED) is 0.460. The summed E-state index contributed by atoms with van der Waals surface area (Å²) in [7, 11) is 1.29. The summed E-state index contributed by atoms with van der Waals surface area (Å²) < 4.78 is 31.1. The zero-order chi connectivity index (χ0) is 19.1. The normalized spacial score (nSPS) is 28.6. The van der Waals surface area contributed by atoms with E-state index in [1.165, 1.54) is 14.0 Å². The van der Waals surface area contributed by atoms with Gasteiger partial charge in [0.1, 0.15) is 12.7 Å². The molecule has 0 unspecified atom stereocenters. The molecule has 0 N–H and O–H groups in total. The maximum atomic E-state index is 11.5. The molecule has 0 saturated carbocycles. The van der Waals surface area contributed by atoms with Gasteiger partial charge in [0.05, 0.1) is 0 Å². The molecule has 0 aliphatic carbocycles. The highest BCUT2D eigenvalue weighted by Crippen LogP contribution is 2.29. The van der Waals surface area contributed by atoms with Crippen molar-refractivity contribution in [1.82, 2.24) is 0 Å². The Labute approximate surface area is 144 Å². The summed E-state index contributed by atoms with van der Waals surface area (Å²) in [5.41, 5.74) is 0. The molecule has 0 aromatic heterocycles. The lowest BCUT2D eigenvalue weighted by Crippen LogP contribution is -2.62. The van der Waals surface area contributed by atoms with Gasteiger partial charge in [-0.2, -0.15) is 0 Å². The van der Waals surface area contributed by atoms with Gasteiger partial charge in [-0.05, 0) is 0 Å². The van der Waals surface area contributed by atoms with E-state index in [1.54, 1.807) is 0 Å². The third-order valence-corrected chi connectivity index (χ3v) is 3.18. The minimum absolute atomic E-state index is 0.280. The zero-order valence-corrected chi connectivity index (χ0v) is 14.7. The number of methoxy groups -OCH3 is 1. The smallest absolute Gasteiger partial charge is 0.303 e. The first-order valence-corrected chi connectivity index (χ1v) is 7.49. The first-order chi connectivity index (χ1) is 11.6. The van der Waals surface area contributed by atoms with E-state index in [-0.39, 0.29) is 6.61 Å². The highest BCUT2D eigenvalue weighted by molar-refractivity contribution is 5.68. The van der Waals surface area contributed by atoms with Crippen LogP contribution in [0.2, 0.25) is 0 Å². The van der Waals surface area contributed by atoms with Gasteiger partial charge in [-0.1, -0.05) is 0 Å². The number of ether oxygens (including phenoxy) is 6. The lowest BCUT2D eigenvalue weighted by Gasteiger charge is -2.43. The fourth-order valence-electron chi connectivity index (χ4n) is 2.38. The van der Waals surface area contributed by atoms with Gasteiger partial charge in [-0.25, -0.2) is 0 Å². The van der Waals surface area contributed by atoms with Crippen LogP contribution >= 0.6 is 0 Å². The Balaban J connectivity index is 3.18. The van der Waals surface area contributed by atoms with Crippen LogP contribution in [0.15, 0.2) is 0 Å². The van der Waals surface area contributed by atoms with Gasteiger partial charge in [0.25, 0.3) is 0 Å². The van der Waals surface area contributed by atoms with Crippen LogP contribution in [-0.2, 0) is 47.6 Å². The second kappa shape index (κ2) is 9.33. The van der Waals surface area contributed by atoms with E-state index in [0.29, 0.717) is 0 Å². The largest absolute Gasteiger partial charge is 0.463 e. The van der Waals surface area contributed by atoms with Crippen molar-refractivity contribution in [3.05, 3.63) is 0 Å². The summed E-state index contributed by atoms with van der Waals surface area (Å²) in [5.74, 6) is -2.63. The van der Waals surface area contributed by atoms with Crippen LogP contribution in [-0.4, -0.2) is 68.3 Å². The standard InChI is InChI=1S/C15H22O10/c1-7(16)21-6-11-12(22-8(2)17)13(23-9(3)18)14(24-10(4)19)15(20-5)25-11/h11-15H,6H2,1-5H3/t11-,12-,13+,14-,15+/m0/s1. The summed E-state index contributed by atoms with van der Waals surface area (Å²) in [6.07, 6.45) is -5.67. The average molecular weight is 362 g/mol. The lowest BCUT2D eigenvalue weighted by atomic mass is 9.98. The van der Waals surface area contributed by atoms with E-state index in [0.717, 1.165) is 20.8 Å². The second-order valence-corrected chi connectivity index (χ2v) is 5.30. The Morgan fingerprint density at radius 1 is 0.760 bits per heavy atom. The van der Waals surface area contributed by atoms with Crippen molar-refractivity contribution in [3.63, 3.8) is 0 Å². The van der Waals surface area contributed by atoms with Crippen molar-refractivity contribution in [2.24, 2.45) is 0 Å². The van der Waals surface area contributed by atoms with Crippen molar-refractivity contribution >= 4 is 23.9 Å². The topological polar surface area (TPSA) is 124 Å². The van der Waals surface area contributed by atoms with Crippen LogP contribution in [0.5, 0.6) is 0 Å². The van der Waals surface area contributed by atoms with E-state index >= 15 is 0 Å². The Morgan fingerprint density at radius 3 is 1.68 bits per heavy atom. The number of hydrogen-bond acceptors (Lipinski definition) is 10. The van der Waals surface area contributed by atoms with Crippen molar-refractivity contribution in [1.29, 1.82) is 0 Å². The Hall–Kier alpha value is -2.20. The maximum absolute atomic E-state index is 11.5. The SMILES string of the molecule is CO[C@@H]1O[C@@H](COC(C)=O)[C@H](OC(C)=O)[C@@H](OC(C)=O)[C@@H]1OC(C)=O. The Bertz CT molecular complexity index is 516. The lowest BCUT2D eigenvalue weighted by molar-refractivity contribution is -0.302. The van der Waals surface area contributed by atoms with Crippen LogP contribution in [0, 0.1) is 0 Å². The summed E-state index contributed by atoms with van der Waals surface area (Å²) in [5, 5.41) is 0. The molecule has 5 atom stereocenters. The molecule has 1 heterocycles. The van der Waals surface area contributed by atoms with Crippen molar-refractivity contribution in [3.8, 4) is 0 Å². The molecule has 25 heavy (non-hydrogen) atoms. The fraction of sp³-hybridized carbons (Fsp3) is 0.733. The fourth-order valence-corrected chi connectivity index (χ4v) is 2.38. The molecule has 0 aromatic rings. The van der Waals surface area contributed by atoms with Gasteiger partial charge in [0.15, 0.2) is 24.6 Å². The van der Waals surface area contributed by atoms with E-state index in [9.17, 15) is 19.2 Å². The molecule has 0 spiro atoms. The van der Waals surface area contributed by atoms with Gasteiger partial charge < -0.3 is 28.4 Å². The Kier molecular flexibility index (Phi) is 7.78. The average Bonchev–Trinajstić information content (AvgIpc) is 2.48. The molecule has 1 fully saturated rings. The zero-order valence-electron chi connectivity index (χ0n) is 14.7. The molecule has 10 nitrogen and oxygen atoms in total. The van der Waals surface area contributed by atoms with Crippen molar-refractivity contribution < 1.29 is 47.6 Å². The van der Waals surface area contributed by atoms with Gasteiger partial charge >= 0.3 is 23.9 Å². The molecule has 1 saturated heterocycles. The van der Waals surface area contributed by atoms with Crippen LogP contribution < -0.4 is 0 Å². The molecule has 1 rings (SSSR count). The molecule has 1 aliphatic heterocycles. The second-order valence-electron chi connectivity index (χ2n) is 5.30. The summed E-state index contributed by atoms with van der Waals surface area (Å²) in [6, 6.07) is 0. The number of esters is 4. The van der Waals surface area contributed by atoms with Crippen LogP contribution in [0.25, 0.3) is 0 Å². The van der Waals surface area contributed by atoms with E-state index in [4.69, 9.17) is 28.4 Å². The number of rotatable bonds is 6. The van der Waals surface area contributed by atoms with Crippen LogP contribution in [0.3, 0.4) is 0 Å². The van der Waals surface area contributed by atoms with Gasteiger partial charge in [0.2, 0.25) is 0 Å². The predicted octanol–water partition coefficient (Wildman–Crippen LogP) is -0.284.